The first-order valence-electron chi connectivity index (χ1n) is 4.67. The predicted octanol–water partition coefficient (Wildman–Crippen LogP) is 0.658. The molecule has 0 amide bonds. The molecular formula is C9H15BNO+. The fourth-order valence-electron chi connectivity index (χ4n) is 2.57. The Kier molecular flexibility index (Phi) is 1.48. The van der Waals surface area contributed by atoms with Gasteiger partial charge >= 0.3 is 7.98 Å². The molecule has 0 unspecified atom stereocenters. The Bertz CT molecular complexity index is 229. The van der Waals surface area contributed by atoms with Gasteiger partial charge in [0.05, 0.1) is 13.1 Å². The molecule has 0 aromatic heterocycles. The zero-order valence-corrected chi connectivity index (χ0v) is 7.84. The van der Waals surface area contributed by atoms with Gasteiger partial charge in [-0.25, -0.2) is 0 Å². The van der Waals surface area contributed by atoms with Crippen molar-refractivity contribution in [1.82, 2.24) is 0 Å². The van der Waals surface area contributed by atoms with Crippen LogP contribution in [-0.4, -0.2) is 36.8 Å². The van der Waals surface area contributed by atoms with Crippen LogP contribution in [0.4, 0.5) is 0 Å². The summed E-state index contributed by atoms with van der Waals surface area (Å²) in [7, 11) is 6.18. The van der Waals surface area contributed by atoms with E-state index >= 15 is 0 Å². The normalized spacial score (nSPS) is 44.8. The van der Waals surface area contributed by atoms with Gasteiger partial charge in [-0.1, -0.05) is 0 Å². The Morgan fingerprint density at radius 3 is 2.25 bits per heavy atom. The van der Waals surface area contributed by atoms with Crippen molar-refractivity contribution in [2.24, 2.45) is 5.92 Å². The van der Waals surface area contributed by atoms with Gasteiger partial charge in [-0.3, -0.25) is 4.79 Å². The van der Waals surface area contributed by atoms with E-state index in [9.17, 15) is 4.79 Å². The molecule has 3 saturated heterocycles. The summed E-state index contributed by atoms with van der Waals surface area (Å²) >= 11 is 0. The fourth-order valence-corrected chi connectivity index (χ4v) is 2.57. The molecule has 0 N–H and O–H groups in total. The molecule has 0 saturated carbocycles. The van der Waals surface area contributed by atoms with Crippen molar-refractivity contribution in [1.29, 1.82) is 0 Å². The number of rotatable bonds is 0. The van der Waals surface area contributed by atoms with Crippen molar-refractivity contribution in [3.63, 3.8) is 0 Å². The van der Waals surface area contributed by atoms with E-state index in [1.807, 2.05) is 13.8 Å². The fraction of sp³-hybridized carbons (Fsp3) is 0.889. The zero-order chi connectivity index (χ0) is 8.98. The molecule has 2 radical (unpaired) electrons. The van der Waals surface area contributed by atoms with Gasteiger partial charge in [-0.2, -0.15) is 0 Å². The molecule has 3 fully saturated rings. The van der Waals surface area contributed by atoms with Gasteiger partial charge in [-0.05, 0) is 13.8 Å². The number of carbonyl (C=O) groups is 1. The van der Waals surface area contributed by atoms with Gasteiger partial charge in [0.2, 0.25) is 0 Å². The van der Waals surface area contributed by atoms with Gasteiger partial charge in [0.15, 0.2) is 5.78 Å². The quantitative estimate of drug-likeness (QED) is 0.480. The van der Waals surface area contributed by atoms with Crippen molar-refractivity contribution < 1.29 is 9.19 Å². The van der Waals surface area contributed by atoms with Crippen LogP contribution in [0.2, 0.25) is 0 Å². The van der Waals surface area contributed by atoms with E-state index in [4.69, 9.17) is 7.98 Å². The van der Waals surface area contributed by atoms with Gasteiger partial charge < -0.3 is 4.39 Å². The number of fused-ring (bicyclic) bond motifs is 3. The minimum Gasteiger partial charge on any atom is -0.386 e. The van der Waals surface area contributed by atoms with Crippen LogP contribution >= 0.6 is 0 Å². The van der Waals surface area contributed by atoms with Crippen LogP contribution in [0.5, 0.6) is 0 Å². The van der Waals surface area contributed by atoms with Crippen molar-refractivity contribution in [3.8, 4) is 0 Å². The molecule has 3 aliphatic rings. The molecular weight excluding hydrogens is 149 g/mol. The Balaban J connectivity index is 2.41. The van der Waals surface area contributed by atoms with Crippen LogP contribution in [0, 0.1) is 5.92 Å². The van der Waals surface area contributed by atoms with Crippen LogP contribution in [0.3, 0.4) is 0 Å². The largest absolute Gasteiger partial charge is 0.482 e. The first-order valence-corrected chi connectivity index (χ1v) is 4.67. The maximum absolute atomic E-state index is 11.8. The molecule has 0 aromatic rings. The smallest absolute Gasteiger partial charge is 0.386 e. The number of hydrogen-bond donors (Lipinski definition) is 0. The molecule has 0 aliphatic carbocycles. The third-order valence-electron chi connectivity index (χ3n) is 3.84. The first kappa shape index (κ1) is 8.30. The summed E-state index contributed by atoms with van der Waals surface area (Å²) in [6, 6.07) is 0. The second kappa shape index (κ2) is 2.14. The average molecular weight is 164 g/mol. The van der Waals surface area contributed by atoms with Crippen molar-refractivity contribution >= 4 is 13.8 Å². The number of ketones is 1. The summed E-state index contributed by atoms with van der Waals surface area (Å²) in [6.45, 7) is 5.92. The lowest BCUT2D eigenvalue weighted by Gasteiger charge is -2.57. The lowest BCUT2D eigenvalue weighted by Crippen LogP contribution is -2.72. The Morgan fingerprint density at radius 2 is 1.92 bits per heavy atom. The number of piperidine rings is 3. The number of quaternary nitrogens is 1. The van der Waals surface area contributed by atoms with E-state index in [2.05, 4.69) is 0 Å². The molecule has 0 spiro atoms. The summed E-state index contributed by atoms with van der Waals surface area (Å²) in [4.78, 5) is 11.8. The highest BCUT2D eigenvalue weighted by Crippen LogP contribution is 2.40. The average Bonchev–Trinajstić information content (AvgIpc) is 2.02. The summed E-state index contributed by atoms with van der Waals surface area (Å²) in [5.41, 5.74) is -0.332. The SMILES string of the molecule is [B][N+]12CCC(CC1)C(=O)C2(C)C. The van der Waals surface area contributed by atoms with Crippen LogP contribution in [0.1, 0.15) is 26.7 Å². The molecule has 2 bridgehead atoms. The molecule has 64 valence electrons. The standard InChI is InChI=1S/C9H15BNO/c1-9(2)8(12)7-3-5-11(9,10)6-4-7/h7H,3-6H2,1-2H3/q+1. The Morgan fingerprint density at radius 1 is 1.42 bits per heavy atom. The summed E-state index contributed by atoms with van der Waals surface area (Å²) in [5.74, 6) is 0.686. The second-order valence-electron chi connectivity index (χ2n) is 4.68. The van der Waals surface area contributed by atoms with Crippen LogP contribution in [-0.2, 0) is 4.79 Å². The van der Waals surface area contributed by atoms with Gasteiger partial charge in [-0.15, -0.1) is 0 Å². The van der Waals surface area contributed by atoms with Gasteiger partial charge in [0.1, 0.15) is 5.54 Å². The predicted molar refractivity (Wildman–Crippen MR) is 47.6 cm³/mol. The Labute approximate surface area is 75.0 Å². The molecule has 3 heteroatoms. The number of hydrogen-bond acceptors (Lipinski definition) is 1. The third-order valence-corrected chi connectivity index (χ3v) is 3.84. The number of nitrogens with zero attached hydrogens (tertiary/aromatic N) is 1. The third kappa shape index (κ3) is 0.778. The maximum Gasteiger partial charge on any atom is 0.482 e. The van der Waals surface area contributed by atoms with E-state index < -0.39 is 0 Å². The first-order chi connectivity index (χ1) is 5.47. The lowest BCUT2D eigenvalue weighted by molar-refractivity contribution is -0.870. The van der Waals surface area contributed by atoms with Crippen molar-refractivity contribution in [2.75, 3.05) is 13.1 Å². The monoisotopic (exact) mass is 164 g/mol. The van der Waals surface area contributed by atoms with E-state index in [1.165, 1.54) is 0 Å². The molecule has 3 heterocycles. The second-order valence-corrected chi connectivity index (χ2v) is 4.68. The minimum atomic E-state index is -0.332. The summed E-state index contributed by atoms with van der Waals surface area (Å²) in [6.07, 6.45) is 2.00. The number of carbonyl (C=O) groups excluding carboxylic acids is 1. The molecule has 2 nitrogen and oxygen atoms in total. The summed E-state index contributed by atoms with van der Waals surface area (Å²) in [5, 5.41) is 0. The molecule has 3 rings (SSSR count). The Hall–Kier alpha value is -0.305. The van der Waals surface area contributed by atoms with Crippen molar-refractivity contribution in [3.05, 3.63) is 0 Å². The van der Waals surface area contributed by atoms with E-state index in [0.717, 1.165) is 25.9 Å². The number of Topliss-reactive ketones (excluding diaryl/α,β-unsaturated/α-hetero) is 1. The van der Waals surface area contributed by atoms with E-state index in [0.29, 0.717) is 16.1 Å². The van der Waals surface area contributed by atoms with E-state index in [1.54, 1.807) is 0 Å². The van der Waals surface area contributed by atoms with E-state index in [-0.39, 0.29) is 5.54 Å². The summed E-state index contributed by atoms with van der Waals surface area (Å²) < 4.78 is 0.475. The van der Waals surface area contributed by atoms with Crippen LogP contribution in [0.25, 0.3) is 0 Å². The highest BCUT2D eigenvalue weighted by molar-refractivity contribution is 6.02. The lowest BCUT2D eigenvalue weighted by atomic mass is 9.70. The van der Waals surface area contributed by atoms with Crippen molar-refractivity contribution in [2.45, 2.75) is 32.2 Å². The molecule has 12 heavy (non-hydrogen) atoms. The molecule has 0 aromatic carbocycles. The molecule has 3 aliphatic heterocycles. The van der Waals surface area contributed by atoms with Crippen LogP contribution < -0.4 is 0 Å². The maximum atomic E-state index is 11.8. The topological polar surface area (TPSA) is 17.1 Å². The zero-order valence-electron chi connectivity index (χ0n) is 7.84. The highest BCUT2D eigenvalue weighted by atomic mass is 16.1. The highest BCUT2D eigenvalue weighted by Gasteiger charge is 2.55. The minimum absolute atomic E-state index is 0.309. The molecule has 0 atom stereocenters. The van der Waals surface area contributed by atoms with Gasteiger partial charge in [0.25, 0.3) is 0 Å². The van der Waals surface area contributed by atoms with Crippen LogP contribution in [0.15, 0.2) is 0 Å². The van der Waals surface area contributed by atoms with Gasteiger partial charge in [0, 0.05) is 18.8 Å².